The van der Waals surface area contributed by atoms with Crippen molar-refractivity contribution in [1.29, 1.82) is 0 Å². The number of halogens is 1. The van der Waals surface area contributed by atoms with Gasteiger partial charge in [-0.15, -0.1) is 0 Å². The first-order valence-corrected chi connectivity index (χ1v) is 8.60. The molecule has 0 bridgehead atoms. The minimum atomic E-state index is 0.229. The van der Waals surface area contributed by atoms with Gasteiger partial charge >= 0.3 is 0 Å². The lowest BCUT2D eigenvalue weighted by Crippen LogP contribution is -2.24. The van der Waals surface area contributed by atoms with Gasteiger partial charge < -0.3 is 5.32 Å². The normalized spacial score (nSPS) is 23.4. The van der Waals surface area contributed by atoms with Gasteiger partial charge in [0.05, 0.1) is 12.6 Å². The van der Waals surface area contributed by atoms with Gasteiger partial charge in [-0.05, 0) is 69.0 Å². The van der Waals surface area contributed by atoms with Crippen LogP contribution in [0.2, 0.25) is 5.02 Å². The minimum absolute atomic E-state index is 0.229. The molecule has 1 aliphatic rings. The Hall–Kier alpha value is -1.28. The summed E-state index contributed by atoms with van der Waals surface area (Å²) in [6.07, 6.45) is 8.20. The summed E-state index contributed by atoms with van der Waals surface area (Å²) in [6, 6.07) is 8.09. The van der Waals surface area contributed by atoms with E-state index in [1.54, 1.807) is 0 Å². The van der Waals surface area contributed by atoms with E-state index in [9.17, 15) is 0 Å². The van der Waals surface area contributed by atoms with Gasteiger partial charge in [0.15, 0.2) is 0 Å². The number of anilines is 1. The zero-order chi connectivity index (χ0) is 15.9. The fourth-order valence-corrected chi connectivity index (χ4v) is 3.11. The summed E-state index contributed by atoms with van der Waals surface area (Å²) in [5.41, 5.74) is 2.55. The highest BCUT2D eigenvalue weighted by Gasteiger charge is 2.26. The molecule has 1 N–H and O–H groups in total. The van der Waals surface area contributed by atoms with Crippen LogP contribution in [0, 0.1) is 11.8 Å². The van der Waals surface area contributed by atoms with E-state index in [1.807, 2.05) is 37.4 Å². The second-order valence-electron chi connectivity index (χ2n) is 6.41. The first-order valence-electron chi connectivity index (χ1n) is 8.22. The van der Waals surface area contributed by atoms with E-state index in [0.717, 1.165) is 29.1 Å². The van der Waals surface area contributed by atoms with Gasteiger partial charge in [0.2, 0.25) is 0 Å². The molecular weight excluding hydrogens is 292 g/mol. The van der Waals surface area contributed by atoms with Crippen LogP contribution in [-0.4, -0.2) is 18.8 Å². The van der Waals surface area contributed by atoms with Crippen LogP contribution in [0.4, 0.5) is 5.69 Å². The molecule has 0 radical (unpaired) electrons. The van der Waals surface area contributed by atoms with Gasteiger partial charge in [0.1, 0.15) is 0 Å². The molecule has 1 aliphatic carbocycles. The molecule has 3 unspecified atom stereocenters. The Morgan fingerprint density at radius 1 is 1.36 bits per heavy atom. The third-order valence-corrected chi connectivity index (χ3v) is 4.80. The highest BCUT2D eigenvalue weighted by molar-refractivity contribution is 6.30. The van der Waals surface area contributed by atoms with Crippen molar-refractivity contribution in [3.05, 3.63) is 40.9 Å². The highest BCUT2D eigenvalue weighted by atomic mass is 35.5. The van der Waals surface area contributed by atoms with Gasteiger partial charge in [0, 0.05) is 10.7 Å². The number of nitrogens with one attached hydrogen (secondary N) is 1. The number of benzene rings is 1. The fourth-order valence-electron chi connectivity index (χ4n) is 2.98. The van der Waals surface area contributed by atoms with E-state index in [-0.39, 0.29) is 6.04 Å². The summed E-state index contributed by atoms with van der Waals surface area (Å²) in [5.74, 6) is 1.77. The maximum Gasteiger partial charge on any atom is 0.0642 e. The Morgan fingerprint density at radius 3 is 2.64 bits per heavy atom. The van der Waals surface area contributed by atoms with Crippen molar-refractivity contribution in [3.8, 4) is 0 Å². The van der Waals surface area contributed by atoms with Crippen molar-refractivity contribution in [1.82, 2.24) is 0 Å². The van der Waals surface area contributed by atoms with E-state index >= 15 is 0 Å². The number of hydrogen-bond acceptors (Lipinski definition) is 2. The van der Waals surface area contributed by atoms with Gasteiger partial charge in [0.25, 0.3) is 0 Å². The van der Waals surface area contributed by atoms with Crippen molar-refractivity contribution < 1.29 is 0 Å². The van der Waals surface area contributed by atoms with E-state index in [2.05, 4.69) is 30.2 Å². The van der Waals surface area contributed by atoms with Crippen molar-refractivity contribution in [2.45, 2.75) is 46.1 Å². The molecule has 3 heteroatoms. The van der Waals surface area contributed by atoms with Crippen molar-refractivity contribution in [3.63, 3.8) is 0 Å². The molecule has 2 rings (SSSR count). The average molecular weight is 319 g/mol. The molecule has 1 aromatic rings. The van der Waals surface area contributed by atoms with Crippen molar-refractivity contribution in [2.75, 3.05) is 11.9 Å². The molecule has 2 nitrogen and oxygen atoms in total. The Morgan fingerprint density at radius 2 is 2.09 bits per heavy atom. The SMILES string of the molecule is CC=NCC(/C=C(\C)CC1CCC1C)Nc1ccc(Cl)cc1. The Labute approximate surface area is 139 Å². The van der Waals surface area contributed by atoms with Crippen molar-refractivity contribution >= 4 is 23.5 Å². The van der Waals surface area contributed by atoms with Crippen LogP contribution in [-0.2, 0) is 0 Å². The smallest absolute Gasteiger partial charge is 0.0642 e. The summed E-state index contributed by atoms with van der Waals surface area (Å²) in [4.78, 5) is 4.41. The maximum atomic E-state index is 5.95. The third-order valence-electron chi connectivity index (χ3n) is 4.55. The molecule has 0 heterocycles. The Balaban J connectivity index is 1.99. The summed E-state index contributed by atoms with van der Waals surface area (Å²) in [5, 5.41) is 4.31. The number of hydrogen-bond donors (Lipinski definition) is 1. The molecule has 3 atom stereocenters. The quantitative estimate of drug-likeness (QED) is 0.514. The summed E-state index contributed by atoms with van der Waals surface area (Å²) in [7, 11) is 0. The largest absolute Gasteiger partial charge is 0.377 e. The van der Waals surface area contributed by atoms with E-state index in [4.69, 9.17) is 11.6 Å². The molecule has 22 heavy (non-hydrogen) atoms. The van der Waals surface area contributed by atoms with E-state index < -0.39 is 0 Å². The van der Waals surface area contributed by atoms with Crippen LogP contribution in [0.1, 0.15) is 40.0 Å². The lowest BCUT2D eigenvalue weighted by Gasteiger charge is -2.34. The number of nitrogens with zero attached hydrogens (tertiary/aromatic N) is 1. The Bertz CT molecular complexity index is 519. The lowest BCUT2D eigenvalue weighted by atomic mass is 9.72. The van der Waals surface area contributed by atoms with Gasteiger partial charge in [-0.2, -0.15) is 0 Å². The number of aliphatic imine (C=N–C) groups is 1. The van der Waals surface area contributed by atoms with Gasteiger partial charge in [-0.25, -0.2) is 0 Å². The monoisotopic (exact) mass is 318 g/mol. The van der Waals surface area contributed by atoms with Crippen LogP contribution in [0.25, 0.3) is 0 Å². The molecule has 0 amide bonds. The van der Waals surface area contributed by atoms with Crippen LogP contribution in [0.3, 0.4) is 0 Å². The third kappa shape index (κ3) is 5.17. The second kappa shape index (κ2) is 8.38. The summed E-state index contributed by atoms with van der Waals surface area (Å²) < 4.78 is 0. The highest BCUT2D eigenvalue weighted by Crippen LogP contribution is 2.38. The number of allylic oxidation sites excluding steroid dienone is 1. The second-order valence-corrected chi connectivity index (χ2v) is 6.85. The van der Waals surface area contributed by atoms with Crippen LogP contribution in [0.15, 0.2) is 40.9 Å². The first-order chi connectivity index (χ1) is 10.6. The van der Waals surface area contributed by atoms with Crippen molar-refractivity contribution in [2.24, 2.45) is 16.8 Å². The molecule has 1 aromatic carbocycles. The lowest BCUT2D eigenvalue weighted by molar-refractivity contribution is 0.195. The molecule has 0 aliphatic heterocycles. The van der Waals surface area contributed by atoms with Crippen LogP contribution < -0.4 is 5.32 Å². The summed E-state index contributed by atoms with van der Waals surface area (Å²) in [6.45, 7) is 7.34. The molecule has 0 spiro atoms. The topological polar surface area (TPSA) is 24.4 Å². The predicted octanol–water partition coefficient (Wildman–Crippen LogP) is 5.59. The molecule has 120 valence electrons. The molecule has 0 aromatic heterocycles. The Kier molecular flexibility index (Phi) is 6.50. The van der Waals surface area contributed by atoms with Gasteiger partial charge in [-0.1, -0.05) is 36.6 Å². The zero-order valence-electron chi connectivity index (χ0n) is 13.8. The molecule has 1 saturated carbocycles. The van der Waals surface area contributed by atoms with E-state index in [1.165, 1.54) is 24.8 Å². The molecule has 0 saturated heterocycles. The molecular formula is C19H27ClN2. The predicted molar refractivity (Wildman–Crippen MR) is 98.2 cm³/mol. The number of rotatable bonds is 7. The zero-order valence-corrected chi connectivity index (χ0v) is 14.6. The standard InChI is InChI=1S/C19H27ClN2/c1-4-21-13-19(22-18-9-7-17(20)8-10-18)12-14(2)11-16-6-5-15(16)3/h4,7-10,12,15-16,19,22H,5-6,11,13H2,1-3H3/b14-12+,21-4?. The summed E-state index contributed by atoms with van der Waals surface area (Å²) >= 11 is 5.95. The van der Waals surface area contributed by atoms with Crippen LogP contribution >= 0.6 is 11.6 Å². The maximum absolute atomic E-state index is 5.95. The first kappa shape index (κ1) is 17.1. The van der Waals surface area contributed by atoms with Gasteiger partial charge in [-0.3, -0.25) is 4.99 Å². The fraction of sp³-hybridized carbons (Fsp3) is 0.526. The van der Waals surface area contributed by atoms with Crippen LogP contribution in [0.5, 0.6) is 0 Å². The average Bonchev–Trinajstić information content (AvgIpc) is 2.51. The minimum Gasteiger partial charge on any atom is -0.377 e. The van der Waals surface area contributed by atoms with E-state index in [0.29, 0.717) is 0 Å². The molecule has 1 fully saturated rings.